The third kappa shape index (κ3) is 5.50. The fourth-order valence-electron chi connectivity index (χ4n) is 4.65. The molecule has 2 aliphatic rings. The zero-order chi connectivity index (χ0) is 23.2. The van der Waals surface area contributed by atoms with Crippen molar-refractivity contribution in [1.29, 1.82) is 0 Å². The number of hydrogen-bond donors (Lipinski definition) is 1. The van der Waals surface area contributed by atoms with Crippen molar-refractivity contribution in [2.75, 3.05) is 31.1 Å². The van der Waals surface area contributed by atoms with Gasteiger partial charge in [0.25, 0.3) is 17.5 Å². The van der Waals surface area contributed by atoms with Crippen LogP contribution in [0.2, 0.25) is 0 Å². The number of carbonyl (C=O) groups is 2. The van der Waals surface area contributed by atoms with Crippen LogP contribution in [0, 0.1) is 10.1 Å². The number of nitro benzene ring substituents is 1. The number of carbonyl (C=O) groups excluding carboxylic acids is 2. The first kappa shape index (κ1) is 22.8. The van der Waals surface area contributed by atoms with Crippen molar-refractivity contribution >= 4 is 23.2 Å². The highest BCUT2D eigenvalue weighted by molar-refractivity contribution is 5.96. The molecule has 174 valence electrons. The van der Waals surface area contributed by atoms with Crippen LogP contribution in [0.5, 0.6) is 0 Å². The molecular weight excluding hydrogens is 420 g/mol. The normalized spacial score (nSPS) is 17.3. The summed E-state index contributed by atoms with van der Waals surface area (Å²) in [6.45, 7) is 2.60. The van der Waals surface area contributed by atoms with Crippen LogP contribution in [0.25, 0.3) is 0 Å². The van der Waals surface area contributed by atoms with E-state index in [0.717, 1.165) is 38.8 Å². The summed E-state index contributed by atoms with van der Waals surface area (Å²) < 4.78 is 0. The second-order valence-electron chi connectivity index (χ2n) is 8.77. The molecule has 0 aliphatic carbocycles. The molecule has 0 spiro atoms. The van der Waals surface area contributed by atoms with Crippen LogP contribution in [0.3, 0.4) is 0 Å². The van der Waals surface area contributed by atoms with E-state index < -0.39 is 0 Å². The number of rotatable bonds is 5. The highest BCUT2D eigenvalue weighted by atomic mass is 16.6. The summed E-state index contributed by atoms with van der Waals surface area (Å²) in [7, 11) is 0. The molecule has 2 aliphatic heterocycles. The SMILES string of the molecule is O=C(NC1CCN(C(=O)c2ccc(N3CCCCCC3)c([N+](=O)[O-])c2)CC1)c1ccccc1. The smallest absolute Gasteiger partial charge is 0.293 e. The summed E-state index contributed by atoms with van der Waals surface area (Å²) >= 11 is 0. The van der Waals surface area contributed by atoms with E-state index in [1.54, 1.807) is 29.2 Å². The van der Waals surface area contributed by atoms with E-state index in [-0.39, 0.29) is 28.5 Å². The summed E-state index contributed by atoms with van der Waals surface area (Å²) in [4.78, 5) is 40.6. The first-order valence-corrected chi connectivity index (χ1v) is 11.7. The predicted molar refractivity (Wildman–Crippen MR) is 127 cm³/mol. The lowest BCUT2D eigenvalue weighted by atomic mass is 10.0. The molecule has 0 radical (unpaired) electrons. The molecule has 0 bridgehead atoms. The standard InChI is InChI=1S/C25H30N4O4/c30-24(19-8-4-3-5-9-19)26-21-12-16-28(17-13-21)25(31)20-10-11-22(23(18-20)29(32)33)27-14-6-1-2-7-15-27/h3-5,8-11,18,21H,1-2,6-7,12-17H2,(H,26,30). The van der Waals surface area contributed by atoms with Crippen molar-refractivity contribution in [1.82, 2.24) is 10.2 Å². The van der Waals surface area contributed by atoms with Gasteiger partial charge < -0.3 is 15.1 Å². The van der Waals surface area contributed by atoms with E-state index in [4.69, 9.17) is 0 Å². The van der Waals surface area contributed by atoms with E-state index in [2.05, 4.69) is 10.2 Å². The van der Waals surface area contributed by atoms with E-state index in [9.17, 15) is 19.7 Å². The third-order valence-electron chi connectivity index (χ3n) is 6.52. The van der Waals surface area contributed by atoms with Gasteiger partial charge in [0, 0.05) is 49.4 Å². The van der Waals surface area contributed by atoms with Crippen molar-refractivity contribution in [3.8, 4) is 0 Å². The summed E-state index contributed by atoms with van der Waals surface area (Å²) in [6, 6.07) is 13.9. The van der Waals surface area contributed by atoms with Crippen LogP contribution in [0.4, 0.5) is 11.4 Å². The third-order valence-corrected chi connectivity index (χ3v) is 6.52. The minimum atomic E-state index is -0.387. The zero-order valence-electron chi connectivity index (χ0n) is 18.7. The second-order valence-corrected chi connectivity index (χ2v) is 8.77. The summed E-state index contributed by atoms with van der Waals surface area (Å²) in [5, 5.41) is 14.8. The lowest BCUT2D eigenvalue weighted by molar-refractivity contribution is -0.384. The number of hydrogen-bond acceptors (Lipinski definition) is 5. The Morgan fingerprint density at radius 3 is 2.18 bits per heavy atom. The molecule has 2 fully saturated rings. The molecule has 0 saturated carbocycles. The fourth-order valence-corrected chi connectivity index (χ4v) is 4.65. The number of nitrogens with zero attached hydrogens (tertiary/aromatic N) is 3. The van der Waals surface area contributed by atoms with E-state index >= 15 is 0 Å². The molecule has 0 unspecified atom stereocenters. The van der Waals surface area contributed by atoms with Crippen LogP contribution in [0.1, 0.15) is 59.2 Å². The van der Waals surface area contributed by atoms with Gasteiger partial charge in [0.15, 0.2) is 0 Å². The molecule has 8 nitrogen and oxygen atoms in total. The topological polar surface area (TPSA) is 95.8 Å². The van der Waals surface area contributed by atoms with Crippen LogP contribution in [-0.4, -0.2) is 53.9 Å². The van der Waals surface area contributed by atoms with Gasteiger partial charge in [0.2, 0.25) is 0 Å². The molecule has 33 heavy (non-hydrogen) atoms. The fraction of sp³-hybridized carbons (Fsp3) is 0.440. The predicted octanol–water partition coefficient (Wildman–Crippen LogP) is 4.01. The van der Waals surface area contributed by atoms with Crippen LogP contribution in [-0.2, 0) is 0 Å². The van der Waals surface area contributed by atoms with E-state index in [0.29, 0.717) is 42.7 Å². The van der Waals surface area contributed by atoms with E-state index in [1.807, 2.05) is 18.2 Å². The van der Waals surface area contributed by atoms with Crippen molar-refractivity contribution < 1.29 is 14.5 Å². The van der Waals surface area contributed by atoms with Gasteiger partial charge in [-0.15, -0.1) is 0 Å². The maximum Gasteiger partial charge on any atom is 0.293 e. The van der Waals surface area contributed by atoms with Crippen molar-refractivity contribution in [3.05, 3.63) is 69.8 Å². The maximum absolute atomic E-state index is 13.1. The average molecular weight is 451 g/mol. The highest BCUT2D eigenvalue weighted by Crippen LogP contribution is 2.31. The minimum Gasteiger partial charge on any atom is -0.366 e. The molecule has 0 atom stereocenters. The zero-order valence-corrected chi connectivity index (χ0v) is 18.7. The van der Waals surface area contributed by atoms with Crippen LogP contribution in [0.15, 0.2) is 48.5 Å². The molecule has 0 aromatic heterocycles. The monoisotopic (exact) mass is 450 g/mol. The molecular formula is C25H30N4O4. The van der Waals surface area contributed by atoms with Crippen molar-refractivity contribution in [2.45, 2.75) is 44.6 Å². The molecule has 2 aromatic carbocycles. The largest absolute Gasteiger partial charge is 0.366 e. The number of anilines is 1. The van der Waals surface area contributed by atoms with Gasteiger partial charge in [-0.3, -0.25) is 19.7 Å². The number of nitro groups is 1. The molecule has 1 N–H and O–H groups in total. The highest BCUT2D eigenvalue weighted by Gasteiger charge is 2.28. The number of amides is 2. The summed E-state index contributed by atoms with van der Waals surface area (Å²) in [6.07, 6.45) is 5.63. The molecule has 2 amide bonds. The Kier molecular flexibility index (Phi) is 7.22. The Labute approximate surface area is 193 Å². The number of likely N-dealkylation sites (tertiary alicyclic amines) is 1. The van der Waals surface area contributed by atoms with Gasteiger partial charge in [0.05, 0.1) is 4.92 Å². The Morgan fingerprint density at radius 2 is 1.55 bits per heavy atom. The Bertz CT molecular complexity index is 995. The minimum absolute atomic E-state index is 0.00139. The second kappa shape index (κ2) is 10.5. The quantitative estimate of drug-likeness (QED) is 0.549. The van der Waals surface area contributed by atoms with Gasteiger partial charge in [-0.05, 0) is 49.9 Å². The molecule has 2 heterocycles. The number of piperidine rings is 1. The number of nitrogens with one attached hydrogen (secondary N) is 1. The average Bonchev–Trinajstić information content (AvgIpc) is 3.14. The van der Waals surface area contributed by atoms with Gasteiger partial charge >= 0.3 is 0 Å². The maximum atomic E-state index is 13.1. The Morgan fingerprint density at radius 1 is 0.879 bits per heavy atom. The van der Waals surface area contributed by atoms with Crippen LogP contribution >= 0.6 is 0 Å². The first-order chi connectivity index (χ1) is 16.0. The first-order valence-electron chi connectivity index (χ1n) is 11.7. The molecule has 8 heteroatoms. The van der Waals surface area contributed by atoms with Gasteiger partial charge in [-0.2, -0.15) is 0 Å². The van der Waals surface area contributed by atoms with Crippen molar-refractivity contribution in [2.24, 2.45) is 0 Å². The van der Waals surface area contributed by atoms with Crippen LogP contribution < -0.4 is 10.2 Å². The van der Waals surface area contributed by atoms with Gasteiger partial charge in [0.1, 0.15) is 5.69 Å². The van der Waals surface area contributed by atoms with E-state index in [1.165, 1.54) is 6.07 Å². The molecule has 2 saturated heterocycles. The lowest BCUT2D eigenvalue weighted by Gasteiger charge is -2.32. The summed E-state index contributed by atoms with van der Waals surface area (Å²) in [5.74, 6) is -0.312. The molecule has 2 aromatic rings. The lowest BCUT2D eigenvalue weighted by Crippen LogP contribution is -2.46. The molecule has 4 rings (SSSR count). The van der Waals surface area contributed by atoms with Gasteiger partial charge in [-0.25, -0.2) is 0 Å². The Balaban J connectivity index is 1.39. The van der Waals surface area contributed by atoms with Gasteiger partial charge in [-0.1, -0.05) is 31.0 Å². The Hall–Kier alpha value is -3.42. The number of benzene rings is 2. The summed E-state index contributed by atoms with van der Waals surface area (Å²) in [5.41, 5.74) is 1.55. The van der Waals surface area contributed by atoms with Crippen molar-refractivity contribution in [3.63, 3.8) is 0 Å².